The van der Waals surface area contributed by atoms with Crippen molar-refractivity contribution < 1.29 is 8.42 Å². The summed E-state index contributed by atoms with van der Waals surface area (Å²) in [5.41, 5.74) is 0.843. The minimum Gasteiger partial charge on any atom is -0.228 e. The van der Waals surface area contributed by atoms with Gasteiger partial charge in [0, 0.05) is 0 Å². The highest BCUT2D eigenvalue weighted by Gasteiger charge is 2.09. The van der Waals surface area contributed by atoms with Gasteiger partial charge in [-0.3, -0.25) is 0 Å². The fourth-order valence-corrected chi connectivity index (χ4v) is 2.40. The second-order valence-electron chi connectivity index (χ2n) is 2.93. The minimum atomic E-state index is -2.95. The van der Waals surface area contributed by atoms with Gasteiger partial charge in [-0.2, -0.15) is 0 Å². The van der Waals surface area contributed by atoms with Crippen molar-refractivity contribution in [3.8, 4) is 0 Å². The maximum absolute atomic E-state index is 11.4. The van der Waals surface area contributed by atoms with E-state index in [0.717, 1.165) is 5.56 Å². The summed E-state index contributed by atoms with van der Waals surface area (Å²) in [5, 5.41) is 0. The summed E-state index contributed by atoms with van der Waals surface area (Å²) in [6.45, 7) is 3.53. The molecule has 13 heavy (non-hydrogen) atoms. The second kappa shape index (κ2) is 4.42. The third kappa shape index (κ3) is 3.59. The minimum absolute atomic E-state index is 0.128. The van der Waals surface area contributed by atoms with Crippen LogP contribution in [-0.4, -0.2) is 14.2 Å². The number of hydrogen-bond donors (Lipinski definition) is 0. The van der Waals surface area contributed by atoms with Gasteiger partial charge in [0.1, 0.15) is 0 Å². The van der Waals surface area contributed by atoms with E-state index < -0.39 is 9.84 Å². The molecular formula is C10H13O2S. The first-order valence-electron chi connectivity index (χ1n) is 4.17. The van der Waals surface area contributed by atoms with Crippen molar-refractivity contribution in [1.29, 1.82) is 0 Å². The monoisotopic (exact) mass is 197 g/mol. The van der Waals surface area contributed by atoms with Crippen LogP contribution in [0.3, 0.4) is 0 Å². The van der Waals surface area contributed by atoms with Crippen molar-refractivity contribution in [1.82, 2.24) is 0 Å². The smallest absolute Gasteiger partial charge is 0.154 e. The molecule has 0 amide bonds. The zero-order valence-electron chi connectivity index (χ0n) is 7.44. The molecule has 1 rings (SSSR count). The maximum atomic E-state index is 11.4. The molecule has 1 aromatic rings. The Hall–Kier alpha value is -0.830. The molecule has 0 aliphatic rings. The van der Waals surface area contributed by atoms with Crippen LogP contribution in [0.2, 0.25) is 0 Å². The molecule has 1 aromatic carbocycles. The molecule has 0 fully saturated rings. The molecular weight excluding hydrogens is 184 g/mol. The van der Waals surface area contributed by atoms with E-state index in [1.807, 2.05) is 30.3 Å². The van der Waals surface area contributed by atoms with Gasteiger partial charge in [0.25, 0.3) is 0 Å². The Balaban J connectivity index is 2.70. The fourth-order valence-electron chi connectivity index (χ4n) is 1.12. The van der Waals surface area contributed by atoms with E-state index in [9.17, 15) is 8.42 Å². The molecule has 0 aliphatic carbocycles. The van der Waals surface area contributed by atoms with Gasteiger partial charge in [-0.25, -0.2) is 8.42 Å². The molecule has 3 heteroatoms. The molecule has 0 aromatic heterocycles. The number of benzene rings is 1. The van der Waals surface area contributed by atoms with Gasteiger partial charge in [-0.1, -0.05) is 37.3 Å². The Bertz CT molecular complexity index is 340. The average molecular weight is 197 g/mol. The van der Waals surface area contributed by atoms with Gasteiger partial charge in [-0.05, 0) is 12.0 Å². The highest BCUT2D eigenvalue weighted by molar-refractivity contribution is 7.90. The molecule has 0 N–H and O–H groups in total. The lowest BCUT2D eigenvalue weighted by Gasteiger charge is -2.01. The number of sulfone groups is 1. The molecule has 71 valence electrons. The van der Waals surface area contributed by atoms with Crippen LogP contribution < -0.4 is 0 Å². The number of rotatable bonds is 4. The van der Waals surface area contributed by atoms with Gasteiger partial charge in [0.2, 0.25) is 0 Å². The third-order valence-electron chi connectivity index (χ3n) is 1.68. The van der Waals surface area contributed by atoms with Gasteiger partial charge in [-0.15, -0.1) is 0 Å². The number of hydrogen-bond acceptors (Lipinski definition) is 2. The van der Waals surface area contributed by atoms with Crippen molar-refractivity contribution in [2.45, 2.75) is 12.2 Å². The van der Waals surface area contributed by atoms with Gasteiger partial charge >= 0.3 is 0 Å². The summed E-state index contributed by atoms with van der Waals surface area (Å²) in [4.78, 5) is 0. The van der Waals surface area contributed by atoms with E-state index in [-0.39, 0.29) is 11.5 Å². The van der Waals surface area contributed by atoms with E-state index in [1.165, 1.54) is 0 Å². The first kappa shape index (κ1) is 10.3. The van der Waals surface area contributed by atoms with Crippen molar-refractivity contribution >= 4 is 9.84 Å². The van der Waals surface area contributed by atoms with Crippen LogP contribution in [0.4, 0.5) is 0 Å². The van der Waals surface area contributed by atoms with Crippen LogP contribution in [0.15, 0.2) is 30.3 Å². The van der Waals surface area contributed by atoms with Crippen molar-refractivity contribution in [2.24, 2.45) is 0 Å². The summed E-state index contributed by atoms with van der Waals surface area (Å²) in [5.74, 6) is 0.297. The summed E-state index contributed by atoms with van der Waals surface area (Å²) >= 11 is 0. The Morgan fingerprint density at radius 1 is 1.15 bits per heavy atom. The largest absolute Gasteiger partial charge is 0.228 e. The predicted molar refractivity (Wildman–Crippen MR) is 53.9 cm³/mol. The van der Waals surface area contributed by atoms with Gasteiger partial charge < -0.3 is 0 Å². The predicted octanol–water partition coefficient (Wildman–Crippen LogP) is 1.83. The summed E-state index contributed by atoms with van der Waals surface area (Å²) in [7, 11) is -2.95. The van der Waals surface area contributed by atoms with Crippen LogP contribution >= 0.6 is 0 Å². The molecule has 0 aliphatic heterocycles. The highest BCUT2D eigenvalue weighted by atomic mass is 32.2. The van der Waals surface area contributed by atoms with E-state index in [4.69, 9.17) is 0 Å². The molecule has 0 spiro atoms. The van der Waals surface area contributed by atoms with Crippen molar-refractivity contribution in [3.63, 3.8) is 0 Å². The first-order valence-corrected chi connectivity index (χ1v) is 6.00. The molecule has 0 saturated carbocycles. The highest BCUT2D eigenvalue weighted by Crippen LogP contribution is 2.06. The third-order valence-corrected chi connectivity index (χ3v) is 3.37. The summed E-state index contributed by atoms with van der Waals surface area (Å²) < 4.78 is 22.7. The summed E-state index contributed by atoms with van der Waals surface area (Å²) in [6.07, 6.45) is 0.440. The van der Waals surface area contributed by atoms with Crippen LogP contribution in [0.1, 0.15) is 12.0 Å². The van der Waals surface area contributed by atoms with Gasteiger partial charge in [0.15, 0.2) is 9.84 Å². The first-order chi connectivity index (χ1) is 6.14. The Labute approximate surface area is 79.5 Å². The molecule has 1 radical (unpaired) electrons. The molecule has 0 heterocycles. The maximum Gasteiger partial charge on any atom is 0.154 e. The molecule has 0 atom stereocenters. The van der Waals surface area contributed by atoms with E-state index >= 15 is 0 Å². The quantitative estimate of drug-likeness (QED) is 0.738. The zero-order valence-corrected chi connectivity index (χ0v) is 8.26. The van der Waals surface area contributed by atoms with Gasteiger partial charge in [0.05, 0.1) is 11.5 Å². The Morgan fingerprint density at radius 2 is 1.77 bits per heavy atom. The standard InChI is InChI=1S/C10H13O2S/c1-2-8-13(11,12)9-10-6-4-3-5-7-10/h3-7H,1-2,8-9H2. The zero-order chi connectivity index (χ0) is 9.73. The lowest BCUT2D eigenvalue weighted by Crippen LogP contribution is -2.08. The fraction of sp³-hybridized carbons (Fsp3) is 0.300. The second-order valence-corrected chi connectivity index (χ2v) is 5.12. The van der Waals surface area contributed by atoms with Crippen LogP contribution in [0.5, 0.6) is 0 Å². The lowest BCUT2D eigenvalue weighted by atomic mass is 10.2. The lowest BCUT2D eigenvalue weighted by molar-refractivity contribution is 0.595. The average Bonchev–Trinajstić information content (AvgIpc) is 2.04. The van der Waals surface area contributed by atoms with Crippen LogP contribution in [0.25, 0.3) is 0 Å². The van der Waals surface area contributed by atoms with E-state index in [0.29, 0.717) is 6.42 Å². The molecule has 2 nitrogen and oxygen atoms in total. The van der Waals surface area contributed by atoms with Crippen molar-refractivity contribution in [3.05, 3.63) is 42.8 Å². The van der Waals surface area contributed by atoms with E-state index in [2.05, 4.69) is 6.92 Å². The van der Waals surface area contributed by atoms with Crippen LogP contribution in [-0.2, 0) is 15.6 Å². The summed E-state index contributed by atoms with van der Waals surface area (Å²) in [6, 6.07) is 9.20. The van der Waals surface area contributed by atoms with Crippen LogP contribution in [0, 0.1) is 6.92 Å². The molecule has 0 saturated heterocycles. The Kier molecular flexibility index (Phi) is 3.48. The molecule has 0 bridgehead atoms. The van der Waals surface area contributed by atoms with E-state index in [1.54, 1.807) is 0 Å². The van der Waals surface area contributed by atoms with Crippen molar-refractivity contribution in [2.75, 3.05) is 5.75 Å². The topological polar surface area (TPSA) is 34.1 Å². The Morgan fingerprint density at radius 3 is 2.31 bits per heavy atom. The molecule has 0 unspecified atom stereocenters. The SMILES string of the molecule is [CH2]CCS(=O)(=O)Cc1ccccc1. The normalized spacial score (nSPS) is 11.5.